The van der Waals surface area contributed by atoms with Gasteiger partial charge in [0.1, 0.15) is 10.6 Å². The van der Waals surface area contributed by atoms with Crippen LogP contribution in [0.4, 0.5) is 0 Å². The van der Waals surface area contributed by atoms with E-state index in [9.17, 15) is 0 Å². The van der Waals surface area contributed by atoms with Gasteiger partial charge in [-0.2, -0.15) is 0 Å². The minimum atomic E-state index is -0.214. The van der Waals surface area contributed by atoms with E-state index in [0.29, 0.717) is 5.92 Å². The van der Waals surface area contributed by atoms with Gasteiger partial charge in [-0.15, -0.1) is 11.3 Å². The monoisotopic (exact) mass is 298 g/mol. The minimum Gasteiger partial charge on any atom is -0.381 e. The van der Waals surface area contributed by atoms with E-state index in [0.717, 1.165) is 50.8 Å². The van der Waals surface area contributed by atoms with Crippen LogP contribution >= 0.6 is 11.3 Å². The highest BCUT2D eigenvalue weighted by Crippen LogP contribution is 2.38. The van der Waals surface area contributed by atoms with Crippen LogP contribution in [0.2, 0.25) is 0 Å². The summed E-state index contributed by atoms with van der Waals surface area (Å²) in [6, 6.07) is 0. The van der Waals surface area contributed by atoms with E-state index in [2.05, 4.69) is 31.1 Å². The third-order valence-corrected chi connectivity index (χ3v) is 4.70. The summed E-state index contributed by atoms with van der Waals surface area (Å²) in [4.78, 5) is 5.91. The molecule has 20 heavy (non-hydrogen) atoms. The van der Waals surface area contributed by atoms with Crippen molar-refractivity contribution >= 4 is 11.3 Å². The Morgan fingerprint density at radius 1 is 1.45 bits per heavy atom. The summed E-state index contributed by atoms with van der Waals surface area (Å²) in [5.74, 6) is 0.674. The standard InChI is InChI=1S/C15H26N2O2S/c1-4-19-15(5-7-18-8-6-15)14-17-11-13(20-14)10-16-9-12(2)3/h11-12,16H,4-10H2,1-3H3. The topological polar surface area (TPSA) is 43.4 Å². The van der Waals surface area contributed by atoms with E-state index >= 15 is 0 Å². The summed E-state index contributed by atoms with van der Waals surface area (Å²) in [5.41, 5.74) is -0.214. The van der Waals surface area contributed by atoms with Gasteiger partial charge in [-0.05, 0) is 19.4 Å². The first-order valence-electron chi connectivity index (χ1n) is 7.54. The van der Waals surface area contributed by atoms with Crippen LogP contribution in [0, 0.1) is 5.92 Å². The van der Waals surface area contributed by atoms with Crippen molar-refractivity contribution in [1.29, 1.82) is 0 Å². The van der Waals surface area contributed by atoms with Crippen LogP contribution in [0.3, 0.4) is 0 Å². The van der Waals surface area contributed by atoms with E-state index in [1.54, 1.807) is 11.3 Å². The summed E-state index contributed by atoms with van der Waals surface area (Å²) >= 11 is 1.78. The maximum absolute atomic E-state index is 6.06. The lowest BCUT2D eigenvalue weighted by molar-refractivity contribution is -0.112. The number of aromatic nitrogens is 1. The van der Waals surface area contributed by atoms with Gasteiger partial charge in [-0.25, -0.2) is 4.98 Å². The van der Waals surface area contributed by atoms with E-state index in [4.69, 9.17) is 9.47 Å². The third kappa shape index (κ3) is 4.01. The summed E-state index contributed by atoms with van der Waals surface area (Å²) in [6.07, 6.45) is 3.81. The second-order valence-corrected chi connectivity index (χ2v) is 6.81. The largest absolute Gasteiger partial charge is 0.381 e. The number of rotatable bonds is 7. The number of nitrogens with zero attached hydrogens (tertiary/aromatic N) is 1. The van der Waals surface area contributed by atoms with Gasteiger partial charge in [-0.3, -0.25) is 0 Å². The fourth-order valence-corrected chi connectivity index (χ4v) is 3.56. The van der Waals surface area contributed by atoms with Crippen LogP contribution in [0.15, 0.2) is 6.20 Å². The zero-order valence-electron chi connectivity index (χ0n) is 12.8. The van der Waals surface area contributed by atoms with Crippen molar-refractivity contribution in [2.75, 3.05) is 26.4 Å². The Morgan fingerprint density at radius 2 is 2.20 bits per heavy atom. The Balaban J connectivity index is 2.01. The normalized spacial score (nSPS) is 18.6. The van der Waals surface area contributed by atoms with Crippen LogP contribution in [0.1, 0.15) is 43.5 Å². The molecule has 0 aliphatic carbocycles. The molecular formula is C15H26N2O2S. The zero-order valence-corrected chi connectivity index (χ0v) is 13.6. The molecule has 0 radical (unpaired) electrons. The van der Waals surface area contributed by atoms with Crippen LogP contribution in [0.25, 0.3) is 0 Å². The molecule has 0 amide bonds. The van der Waals surface area contributed by atoms with Crippen molar-refractivity contribution in [2.45, 2.75) is 45.8 Å². The molecule has 1 aliphatic rings. The highest BCUT2D eigenvalue weighted by Gasteiger charge is 2.37. The lowest BCUT2D eigenvalue weighted by Gasteiger charge is -2.35. The molecule has 114 valence electrons. The molecular weight excluding hydrogens is 272 g/mol. The predicted octanol–water partition coefficient (Wildman–Crippen LogP) is 2.93. The molecule has 2 heterocycles. The molecule has 2 rings (SSSR count). The second-order valence-electron chi connectivity index (χ2n) is 5.70. The zero-order chi connectivity index (χ0) is 14.4. The molecule has 1 fully saturated rings. The van der Waals surface area contributed by atoms with Gasteiger partial charge in [0.15, 0.2) is 0 Å². The van der Waals surface area contributed by atoms with E-state index in [1.165, 1.54) is 4.88 Å². The molecule has 1 aliphatic heterocycles. The smallest absolute Gasteiger partial charge is 0.125 e. The predicted molar refractivity (Wildman–Crippen MR) is 82.0 cm³/mol. The molecule has 5 heteroatoms. The van der Waals surface area contributed by atoms with Gasteiger partial charge in [0.2, 0.25) is 0 Å². The molecule has 1 saturated heterocycles. The highest BCUT2D eigenvalue weighted by molar-refractivity contribution is 7.11. The molecule has 1 aromatic rings. The average Bonchev–Trinajstić information content (AvgIpc) is 2.89. The van der Waals surface area contributed by atoms with Gasteiger partial charge < -0.3 is 14.8 Å². The van der Waals surface area contributed by atoms with Crippen LogP contribution in [-0.4, -0.2) is 31.3 Å². The summed E-state index contributed by atoms with van der Waals surface area (Å²) in [6.45, 7) is 10.7. The number of hydrogen-bond acceptors (Lipinski definition) is 5. The van der Waals surface area contributed by atoms with Crippen molar-refractivity contribution in [3.8, 4) is 0 Å². The molecule has 4 nitrogen and oxygen atoms in total. The lowest BCUT2D eigenvalue weighted by Crippen LogP contribution is -2.36. The first kappa shape index (κ1) is 15.9. The Morgan fingerprint density at radius 3 is 2.85 bits per heavy atom. The number of thiazole rings is 1. The van der Waals surface area contributed by atoms with Crippen LogP contribution < -0.4 is 5.32 Å². The SMILES string of the molecule is CCOC1(c2ncc(CNCC(C)C)s2)CCOCC1. The molecule has 0 spiro atoms. The first-order chi connectivity index (χ1) is 9.66. The number of ether oxygens (including phenoxy) is 2. The Labute approximate surface area is 125 Å². The molecule has 0 saturated carbocycles. The minimum absolute atomic E-state index is 0.214. The quantitative estimate of drug-likeness (QED) is 0.840. The molecule has 1 N–H and O–H groups in total. The van der Waals surface area contributed by atoms with Gasteiger partial charge >= 0.3 is 0 Å². The van der Waals surface area contributed by atoms with Gasteiger partial charge in [0, 0.05) is 50.3 Å². The van der Waals surface area contributed by atoms with Crippen molar-refractivity contribution in [1.82, 2.24) is 10.3 Å². The average molecular weight is 298 g/mol. The molecule has 1 aromatic heterocycles. The summed E-state index contributed by atoms with van der Waals surface area (Å²) in [5, 5.41) is 4.58. The molecule has 0 unspecified atom stereocenters. The molecule has 0 bridgehead atoms. The summed E-state index contributed by atoms with van der Waals surface area (Å²) < 4.78 is 11.5. The number of nitrogens with one attached hydrogen (secondary N) is 1. The van der Waals surface area contributed by atoms with Crippen molar-refractivity contribution in [2.24, 2.45) is 5.92 Å². The van der Waals surface area contributed by atoms with E-state index in [-0.39, 0.29) is 5.60 Å². The fraction of sp³-hybridized carbons (Fsp3) is 0.800. The van der Waals surface area contributed by atoms with E-state index in [1.807, 2.05) is 6.20 Å². The molecule has 0 atom stereocenters. The number of hydrogen-bond donors (Lipinski definition) is 1. The Hall–Kier alpha value is -0.490. The van der Waals surface area contributed by atoms with Gasteiger partial charge in [0.25, 0.3) is 0 Å². The maximum Gasteiger partial charge on any atom is 0.125 e. The van der Waals surface area contributed by atoms with Crippen molar-refractivity contribution < 1.29 is 9.47 Å². The Bertz CT molecular complexity index is 395. The lowest BCUT2D eigenvalue weighted by atomic mass is 9.95. The van der Waals surface area contributed by atoms with Crippen LogP contribution in [-0.2, 0) is 21.6 Å². The van der Waals surface area contributed by atoms with Gasteiger partial charge in [0.05, 0.1) is 0 Å². The van der Waals surface area contributed by atoms with Crippen molar-refractivity contribution in [3.63, 3.8) is 0 Å². The first-order valence-corrected chi connectivity index (χ1v) is 8.35. The third-order valence-electron chi connectivity index (χ3n) is 3.52. The van der Waals surface area contributed by atoms with Gasteiger partial charge in [-0.1, -0.05) is 13.8 Å². The summed E-state index contributed by atoms with van der Waals surface area (Å²) in [7, 11) is 0. The van der Waals surface area contributed by atoms with Crippen LogP contribution in [0.5, 0.6) is 0 Å². The highest BCUT2D eigenvalue weighted by atomic mass is 32.1. The fourth-order valence-electron chi connectivity index (χ4n) is 2.48. The van der Waals surface area contributed by atoms with E-state index < -0.39 is 0 Å². The second kappa shape index (κ2) is 7.50. The Kier molecular flexibility index (Phi) is 5.96. The van der Waals surface area contributed by atoms with Crippen molar-refractivity contribution in [3.05, 3.63) is 16.1 Å². The molecule has 0 aromatic carbocycles. The maximum atomic E-state index is 6.06.